The number of carboxylic acids is 1. The third kappa shape index (κ3) is 5.26. The molecule has 1 aliphatic heterocycles. The van der Waals surface area contributed by atoms with Gasteiger partial charge in [-0.15, -0.1) is 0 Å². The maximum atomic E-state index is 12.3. The largest absolute Gasteiger partial charge is 0.480 e. The normalized spacial score (nSPS) is 15.6. The smallest absolute Gasteiger partial charge is 0.321 e. The Morgan fingerprint density at radius 3 is 2.33 bits per heavy atom. The summed E-state index contributed by atoms with van der Waals surface area (Å²) in [7, 11) is 0. The summed E-state index contributed by atoms with van der Waals surface area (Å²) in [5, 5.41) is 12.7. The van der Waals surface area contributed by atoms with Crippen molar-refractivity contribution in [3.05, 3.63) is 28.2 Å². The van der Waals surface area contributed by atoms with Gasteiger partial charge in [0.05, 0.1) is 6.54 Å². The molecule has 0 saturated carbocycles. The van der Waals surface area contributed by atoms with E-state index in [1.807, 2.05) is 11.8 Å². The van der Waals surface area contributed by atoms with Crippen molar-refractivity contribution in [3.8, 4) is 0 Å². The standard InChI is InChI=1S/C16H21Cl2N3O3/c1-2-20(10-15(22)23)14-3-5-21(6-4-14)16(24)19-13-8-11(17)7-12(18)9-13/h7-9,14H,2-6,10H2,1H3,(H,19,24)(H,22,23). The molecule has 0 aliphatic carbocycles. The molecule has 0 radical (unpaired) electrons. The van der Waals surface area contributed by atoms with Crippen molar-refractivity contribution in [2.24, 2.45) is 0 Å². The van der Waals surface area contributed by atoms with Gasteiger partial charge in [-0.25, -0.2) is 4.79 Å². The molecule has 2 rings (SSSR count). The summed E-state index contributed by atoms with van der Waals surface area (Å²) in [6, 6.07) is 4.88. The molecule has 0 unspecified atom stereocenters. The molecule has 1 heterocycles. The molecule has 2 amide bonds. The Labute approximate surface area is 151 Å². The molecule has 0 spiro atoms. The molecule has 6 nitrogen and oxygen atoms in total. The molecule has 132 valence electrons. The second-order valence-electron chi connectivity index (χ2n) is 5.76. The lowest BCUT2D eigenvalue weighted by Crippen LogP contribution is -2.49. The number of likely N-dealkylation sites (tertiary alicyclic amines) is 1. The molecular weight excluding hydrogens is 353 g/mol. The van der Waals surface area contributed by atoms with Crippen LogP contribution < -0.4 is 5.32 Å². The lowest BCUT2D eigenvalue weighted by Gasteiger charge is -2.37. The average Bonchev–Trinajstić information content (AvgIpc) is 2.51. The van der Waals surface area contributed by atoms with E-state index in [-0.39, 0.29) is 18.6 Å². The van der Waals surface area contributed by atoms with E-state index in [1.165, 1.54) is 0 Å². The summed E-state index contributed by atoms with van der Waals surface area (Å²) in [5.74, 6) is -0.824. The summed E-state index contributed by atoms with van der Waals surface area (Å²) >= 11 is 11.9. The number of hydrogen-bond acceptors (Lipinski definition) is 3. The topological polar surface area (TPSA) is 72.9 Å². The van der Waals surface area contributed by atoms with Gasteiger partial charge in [0.25, 0.3) is 0 Å². The maximum absolute atomic E-state index is 12.3. The lowest BCUT2D eigenvalue weighted by atomic mass is 10.0. The van der Waals surface area contributed by atoms with Crippen molar-refractivity contribution in [1.82, 2.24) is 9.80 Å². The summed E-state index contributed by atoms with van der Waals surface area (Å²) < 4.78 is 0. The van der Waals surface area contributed by atoms with Gasteiger partial charge in [-0.05, 0) is 37.6 Å². The highest BCUT2D eigenvalue weighted by Gasteiger charge is 2.27. The fraction of sp³-hybridized carbons (Fsp3) is 0.500. The number of urea groups is 1. The zero-order valence-corrected chi connectivity index (χ0v) is 15.0. The molecule has 24 heavy (non-hydrogen) atoms. The van der Waals surface area contributed by atoms with Gasteiger partial charge in [0.1, 0.15) is 0 Å². The van der Waals surface area contributed by atoms with Crippen LogP contribution in [0.4, 0.5) is 10.5 Å². The molecule has 0 bridgehead atoms. The van der Waals surface area contributed by atoms with Gasteiger partial charge in [-0.2, -0.15) is 0 Å². The molecular formula is C16H21Cl2N3O3. The molecule has 0 atom stereocenters. The van der Waals surface area contributed by atoms with Gasteiger partial charge in [0, 0.05) is 34.9 Å². The highest BCUT2D eigenvalue weighted by Crippen LogP contribution is 2.23. The highest BCUT2D eigenvalue weighted by atomic mass is 35.5. The predicted molar refractivity (Wildman–Crippen MR) is 95.0 cm³/mol. The quantitative estimate of drug-likeness (QED) is 0.829. The van der Waals surface area contributed by atoms with Crippen molar-refractivity contribution >= 4 is 40.9 Å². The second-order valence-corrected chi connectivity index (χ2v) is 6.64. The number of aliphatic carboxylic acids is 1. The Hall–Kier alpha value is -1.50. The number of rotatable bonds is 5. The van der Waals surface area contributed by atoms with Gasteiger partial charge in [-0.3, -0.25) is 9.69 Å². The number of halogens is 2. The average molecular weight is 374 g/mol. The van der Waals surface area contributed by atoms with Crippen molar-refractivity contribution in [1.29, 1.82) is 0 Å². The van der Waals surface area contributed by atoms with Crippen LogP contribution in [0.3, 0.4) is 0 Å². The van der Waals surface area contributed by atoms with Crippen molar-refractivity contribution < 1.29 is 14.7 Å². The van der Waals surface area contributed by atoms with E-state index < -0.39 is 5.97 Å². The first-order chi connectivity index (χ1) is 11.4. The first-order valence-corrected chi connectivity index (χ1v) is 8.62. The van der Waals surface area contributed by atoms with Crippen LogP contribution in [0.1, 0.15) is 19.8 Å². The lowest BCUT2D eigenvalue weighted by molar-refractivity contribution is -0.139. The number of nitrogens with one attached hydrogen (secondary N) is 1. The van der Waals surface area contributed by atoms with Gasteiger partial charge >= 0.3 is 12.0 Å². The summed E-state index contributed by atoms with van der Waals surface area (Å²) in [6.07, 6.45) is 1.51. The maximum Gasteiger partial charge on any atom is 0.321 e. The van der Waals surface area contributed by atoms with Crippen LogP contribution in [0.25, 0.3) is 0 Å². The van der Waals surface area contributed by atoms with E-state index in [2.05, 4.69) is 5.32 Å². The van der Waals surface area contributed by atoms with E-state index in [0.29, 0.717) is 35.4 Å². The Morgan fingerprint density at radius 2 is 1.83 bits per heavy atom. The zero-order chi connectivity index (χ0) is 17.7. The molecule has 1 saturated heterocycles. The van der Waals surface area contributed by atoms with Gasteiger partial charge in [0.2, 0.25) is 0 Å². The number of benzene rings is 1. The molecule has 1 aliphatic rings. The molecule has 1 aromatic rings. The van der Waals surface area contributed by atoms with E-state index in [1.54, 1.807) is 23.1 Å². The number of carboxylic acid groups (broad SMARTS) is 1. The molecule has 0 aromatic heterocycles. The van der Waals surface area contributed by atoms with Gasteiger partial charge in [-0.1, -0.05) is 30.1 Å². The molecule has 8 heteroatoms. The fourth-order valence-corrected chi connectivity index (χ4v) is 3.46. The number of hydrogen-bond donors (Lipinski definition) is 2. The highest BCUT2D eigenvalue weighted by molar-refractivity contribution is 6.35. The third-order valence-corrected chi connectivity index (χ3v) is 4.56. The van der Waals surface area contributed by atoms with E-state index in [4.69, 9.17) is 28.3 Å². The number of piperidine rings is 1. The first kappa shape index (κ1) is 18.8. The number of likely N-dealkylation sites (N-methyl/N-ethyl adjacent to an activating group) is 1. The van der Waals surface area contributed by atoms with Crippen LogP contribution in [-0.4, -0.2) is 59.1 Å². The van der Waals surface area contributed by atoms with Crippen LogP contribution >= 0.6 is 23.2 Å². The van der Waals surface area contributed by atoms with Gasteiger partial charge in [0.15, 0.2) is 0 Å². The second kappa shape index (κ2) is 8.55. The third-order valence-electron chi connectivity index (χ3n) is 4.13. The Kier molecular flexibility index (Phi) is 6.71. The first-order valence-electron chi connectivity index (χ1n) is 7.87. The molecule has 2 N–H and O–H groups in total. The fourth-order valence-electron chi connectivity index (χ4n) is 2.94. The molecule has 1 fully saturated rings. The van der Waals surface area contributed by atoms with E-state index in [0.717, 1.165) is 12.8 Å². The zero-order valence-electron chi connectivity index (χ0n) is 13.5. The Morgan fingerprint density at radius 1 is 1.25 bits per heavy atom. The minimum absolute atomic E-state index is 0.0361. The van der Waals surface area contributed by atoms with Crippen LogP contribution in [0.5, 0.6) is 0 Å². The SMILES string of the molecule is CCN(CC(=O)O)C1CCN(C(=O)Nc2cc(Cl)cc(Cl)c2)CC1. The summed E-state index contributed by atoms with van der Waals surface area (Å²) in [4.78, 5) is 26.9. The number of nitrogens with zero attached hydrogens (tertiary/aromatic N) is 2. The van der Waals surface area contributed by atoms with Crippen molar-refractivity contribution in [2.45, 2.75) is 25.8 Å². The predicted octanol–water partition coefficient (Wildman–Crippen LogP) is 3.40. The van der Waals surface area contributed by atoms with Crippen molar-refractivity contribution in [2.75, 3.05) is 31.5 Å². The number of carbonyl (C=O) groups is 2. The molecule has 1 aromatic carbocycles. The van der Waals surface area contributed by atoms with Crippen LogP contribution in [0.15, 0.2) is 18.2 Å². The van der Waals surface area contributed by atoms with E-state index >= 15 is 0 Å². The van der Waals surface area contributed by atoms with Crippen molar-refractivity contribution in [3.63, 3.8) is 0 Å². The minimum atomic E-state index is -0.824. The van der Waals surface area contributed by atoms with Crippen LogP contribution in [0.2, 0.25) is 10.0 Å². The number of amides is 2. The number of carbonyl (C=O) groups excluding carboxylic acids is 1. The monoisotopic (exact) mass is 373 g/mol. The minimum Gasteiger partial charge on any atom is -0.480 e. The van der Waals surface area contributed by atoms with Crippen LogP contribution in [0, 0.1) is 0 Å². The van der Waals surface area contributed by atoms with E-state index in [9.17, 15) is 9.59 Å². The number of anilines is 1. The summed E-state index contributed by atoms with van der Waals surface area (Å²) in [5.41, 5.74) is 0.556. The van der Waals surface area contributed by atoms with Crippen LogP contribution in [-0.2, 0) is 4.79 Å². The Balaban J connectivity index is 1.89. The summed E-state index contributed by atoms with van der Waals surface area (Å²) in [6.45, 7) is 3.84. The Bertz CT molecular complexity index is 584. The van der Waals surface area contributed by atoms with Gasteiger partial charge < -0.3 is 15.3 Å².